The van der Waals surface area contributed by atoms with Crippen LogP contribution < -0.4 is 9.80 Å². The molecule has 3 rings (SSSR count). The Morgan fingerprint density at radius 2 is 1.85 bits per heavy atom. The summed E-state index contributed by atoms with van der Waals surface area (Å²) >= 11 is 0. The van der Waals surface area contributed by atoms with E-state index in [4.69, 9.17) is 4.74 Å². The van der Waals surface area contributed by atoms with Crippen molar-refractivity contribution in [2.24, 2.45) is 5.92 Å². The molecule has 146 valence electrons. The first-order chi connectivity index (χ1) is 12.6. The number of unbranched alkanes of at least 4 members (excludes halogenated alkanes) is 1. The highest BCUT2D eigenvalue weighted by molar-refractivity contribution is 5.50. The molecule has 0 amide bonds. The van der Waals surface area contributed by atoms with Crippen molar-refractivity contribution in [1.29, 1.82) is 0 Å². The third-order valence-corrected chi connectivity index (χ3v) is 5.57. The van der Waals surface area contributed by atoms with Crippen molar-refractivity contribution in [3.05, 3.63) is 12.4 Å². The van der Waals surface area contributed by atoms with Gasteiger partial charge in [-0.15, -0.1) is 0 Å². The predicted octanol–water partition coefficient (Wildman–Crippen LogP) is 2.86. The lowest BCUT2D eigenvalue weighted by Crippen LogP contribution is -2.50. The molecule has 0 saturated carbocycles. The lowest BCUT2D eigenvalue weighted by Gasteiger charge is -2.40. The molecule has 2 aliphatic heterocycles. The van der Waals surface area contributed by atoms with Crippen molar-refractivity contribution in [2.45, 2.75) is 71.2 Å². The zero-order valence-corrected chi connectivity index (χ0v) is 16.5. The quantitative estimate of drug-likeness (QED) is 0.840. The first kappa shape index (κ1) is 19.4. The second kappa shape index (κ2) is 9.00. The number of anilines is 2. The Hall–Kier alpha value is -1.40. The monoisotopic (exact) mass is 362 g/mol. The SMILES string of the molecule is CCCC[C@@H]1CN(c2cc(N3CCC(O)CC3)ncn2)C[C@H](C(C)C)O1. The number of ether oxygens (including phenoxy) is 1. The second-order valence-corrected chi connectivity index (χ2v) is 8.04. The number of rotatable bonds is 6. The van der Waals surface area contributed by atoms with Gasteiger partial charge < -0.3 is 19.6 Å². The number of morpholine rings is 1. The van der Waals surface area contributed by atoms with Crippen LogP contribution in [0, 0.1) is 5.92 Å². The van der Waals surface area contributed by atoms with Gasteiger partial charge in [0.15, 0.2) is 0 Å². The molecule has 6 nitrogen and oxygen atoms in total. The number of aromatic nitrogens is 2. The van der Waals surface area contributed by atoms with Crippen LogP contribution in [0.15, 0.2) is 12.4 Å². The van der Waals surface area contributed by atoms with E-state index in [1.807, 2.05) is 0 Å². The zero-order valence-electron chi connectivity index (χ0n) is 16.5. The Morgan fingerprint density at radius 3 is 2.50 bits per heavy atom. The molecule has 6 heteroatoms. The maximum atomic E-state index is 9.73. The molecule has 1 aromatic heterocycles. The fourth-order valence-corrected chi connectivity index (χ4v) is 3.79. The Labute approximate surface area is 157 Å². The molecule has 1 N–H and O–H groups in total. The first-order valence-corrected chi connectivity index (χ1v) is 10.2. The summed E-state index contributed by atoms with van der Waals surface area (Å²) in [6.45, 7) is 10.2. The number of aliphatic hydroxyl groups is 1. The molecule has 3 heterocycles. The maximum Gasteiger partial charge on any atom is 0.134 e. The van der Waals surface area contributed by atoms with E-state index in [0.717, 1.165) is 57.1 Å². The van der Waals surface area contributed by atoms with Crippen molar-refractivity contribution in [1.82, 2.24) is 9.97 Å². The van der Waals surface area contributed by atoms with Gasteiger partial charge in [-0.25, -0.2) is 9.97 Å². The van der Waals surface area contributed by atoms with Gasteiger partial charge in [0.1, 0.15) is 18.0 Å². The van der Waals surface area contributed by atoms with Gasteiger partial charge in [-0.1, -0.05) is 33.6 Å². The Balaban J connectivity index is 1.72. The Bertz CT molecular complexity index is 560. The average Bonchev–Trinajstić information content (AvgIpc) is 2.67. The van der Waals surface area contributed by atoms with Crippen LogP contribution in [-0.4, -0.2) is 59.6 Å². The molecule has 2 fully saturated rings. The molecule has 0 bridgehead atoms. The summed E-state index contributed by atoms with van der Waals surface area (Å²) in [6, 6.07) is 2.11. The summed E-state index contributed by atoms with van der Waals surface area (Å²) in [5.41, 5.74) is 0. The minimum atomic E-state index is -0.169. The fraction of sp³-hybridized carbons (Fsp3) is 0.800. The summed E-state index contributed by atoms with van der Waals surface area (Å²) in [5.74, 6) is 2.46. The smallest absolute Gasteiger partial charge is 0.134 e. The fourth-order valence-electron chi connectivity index (χ4n) is 3.79. The van der Waals surface area contributed by atoms with Crippen molar-refractivity contribution < 1.29 is 9.84 Å². The Morgan fingerprint density at radius 1 is 1.15 bits per heavy atom. The van der Waals surface area contributed by atoms with Crippen LogP contribution in [0.2, 0.25) is 0 Å². The van der Waals surface area contributed by atoms with E-state index in [9.17, 15) is 5.11 Å². The van der Waals surface area contributed by atoms with Crippen LogP contribution in [0.4, 0.5) is 11.6 Å². The van der Waals surface area contributed by atoms with Crippen molar-refractivity contribution in [3.63, 3.8) is 0 Å². The van der Waals surface area contributed by atoms with Gasteiger partial charge in [0, 0.05) is 32.2 Å². The highest BCUT2D eigenvalue weighted by atomic mass is 16.5. The molecule has 2 saturated heterocycles. The summed E-state index contributed by atoms with van der Waals surface area (Å²) < 4.78 is 6.34. The minimum absolute atomic E-state index is 0.169. The highest BCUT2D eigenvalue weighted by Gasteiger charge is 2.30. The van der Waals surface area contributed by atoms with Crippen LogP contribution in [0.3, 0.4) is 0 Å². The molecule has 2 atom stereocenters. The molecule has 0 spiro atoms. The number of piperidine rings is 1. The highest BCUT2D eigenvalue weighted by Crippen LogP contribution is 2.27. The van der Waals surface area contributed by atoms with Crippen molar-refractivity contribution >= 4 is 11.6 Å². The Kier molecular flexibility index (Phi) is 6.70. The van der Waals surface area contributed by atoms with Gasteiger partial charge in [0.05, 0.1) is 18.3 Å². The summed E-state index contributed by atoms with van der Waals surface area (Å²) in [4.78, 5) is 13.7. The molecule has 0 aromatic carbocycles. The number of aliphatic hydroxyl groups excluding tert-OH is 1. The minimum Gasteiger partial charge on any atom is -0.393 e. The van der Waals surface area contributed by atoms with Crippen LogP contribution in [0.1, 0.15) is 52.9 Å². The summed E-state index contributed by atoms with van der Waals surface area (Å²) in [5, 5.41) is 9.73. The van der Waals surface area contributed by atoms with E-state index in [-0.39, 0.29) is 18.3 Å². The van der Waals surface area contributed by atoms with Gasteiger partial charge in [0.25, 0.3) is 0 Å². The van der Waals surface area contributed by atoms with Gasteiger partial charge in [-0.05, 0) is 25.2 Å². The summed E-state index contributed by atoms with van der Waals surface area (Å²) in [6.07, 6.45) is 7.16. The largest absolute Gasteiger partial charge is 0.393 e. The second-order valence-electron chi connectivity index (χ2n) is 8.04. The van der Waals surface area contributed by atoms with Crippen LogP contribution in [-0.2, 0) is 4.74 Å². The van der Waals surface area contributed by atoms with E-state index >= 15 is 0 Å². The molecule has 2 aliphatic rings. The average molecular weight is 363 g/mol. The third-order valence-electron chi connectivity index (χ3n) is 5.57. The predicted molar refractivity (Wildman–Crippen MR) is 105 cm³/mol. The first-order valence-electron chi connectivity index (χ1n) is 10.2. The van der Waals surface area contributed by atoms with Crippen LogP contribution >= 0.6 is 0 Å². The topological polar surface area (TPSA) is 61.7 Å². The normalized spacial score (nSPS) is 25.1. The molecular formula is C20H34N4O2. The molecule has 1 aromatic rings. The standard InChI is InChI=1S/C20H34N4O2/c1-4-5-6-17-12-24(13-18(26-17)15(2)3)20-11-19(21-14-22-20)23-9-7-16(25)8-10-23/h11,14-18,25H,4-10,12-13H2,1-3H3/t17-,18-/m1/s1. The van der Waals surface area contributed by atoms with E-state index in [1.54, 1.807) is 6.33 Å². The van der Waals surface area contributed by atoms with E-state index in [2.05, 4.69) is 46.6 Å². The number of hydrogen-bond donors (Lipinski definition) is 1. The lowest BCUT2D eigenvalue weighted by molar-refractivity contribution is -0.0521. The van der Waals surface area contributed by atoms with Gasteiger partial charge in [-0.2, -0.15) is 0 Å². The van der Waals surface area contributed by atoms with E-state index < -0.39 is 0 Å². The lowest BCUT2D eigenvalue weighted by atomic mass is 10.0. The third kappa shape index (κ3) is 4.86. The van der Waals surface area contributed by atoms with Gasteiger partial charge in [0.2, 0.25) is 0 Å². The van der Waals surface area contributed by atoms with E-state index in [0.29, 0.717) is 5.92 Å². The number of hydrogen-bond acceptors (Lipinski definition) is 6. The van der Waals surface area contributed by atoms with E-state index in [1.165, 1.54) is 12.8 Å². The van der Waals surface area contributed by atoms with Crippen molar-refractivity contribution in [2.75, 3.05) is 36.0 Å². The number of nitrogens with zero attached hydrogens (tertiary/aromatic N) is 4. The molecule has 0 radical (unpaired) electrons. The molecule has 26 heavy (non-hydrogen) atoms. The zero-order chi connectivity index (χ0) is 18.5. The molecule has 0 aliphatic carbocycles. The van der Waals surface area contributed by atoms with Gasteiger partial charge >= 0.3 is 0 Å². The van der Waals surface area contributed by atoms with Crippen LogP contribution in [0.25, 0.3) is 0 Å². The van der Waals surface area contributed by atoms with Gasteiger partial charge in [-0.3, -0.25) is 0 Å². The van der Waals surface area contributed by atoms with Crippen LogP contribution in [0.5, 0.6) is 0 Å². The maximum absolute atomic E-state index is 9.73. The molecule has 0 unspecified atom stereocenters. The summed E-state index contributed by atoms with van der Waals surface area (Å²) in [7, 11) is 0. The molecular weight excluding hydrogens is 328 g/mol. The van der Waals surface area contributed by atoms with Crippen molar-refractivity contribution in [3.8, 4) is 0 Å².